The lowest BCUT2D eigenvalue weighted by Crippen LogP contribution is -2.28. The zero-order valence-electron chi connectivity index (χ0n) is 13.8. The summed E-state index contributed by atoms with van der Waals surface area (Å²) < 4.78 is 37.6. The average molecular weight is 347 g/mol. The predicted molar refractivity (Wildman–Crippen MR) is 93.9 cm³/mol. The van der Waals surface area contributed by atoms with E-state index in [1.165, 1.54) is 4.31 Å². The van der Waals surface area contributed by atoms with Gasteiger partial charge in [0.25, 0.3) is 0 Å². The molecule has 1 saturated heterocycles. The smallest absolute Gasteiger partial charge is 0.239 e. The molecule has 24 heavy (non-hydrogen) atoms. The lowest BCUT2D eigenvalue weighted by atomic mass is 10.2. The fourth-order valence-electron chi connectivity index (χ4n) is 2.32. The summed E-state index contributed by atoms with van der Waals surface area (Å²) in [5.74, 6) is 0.480. The first-order valence-electron chi connectivity index (χ1n) is 7.81. The monoisotopic (exact) mass is 347 g/mol. The van der Waals surface area contributed by atoms with Crippen LogP contribution in [0, 0.1) is 6.92 Å². The molecule has 1 aliphatic heterocycles. The van der Waals surface area contributed by atoms with Crippen molar-refractivity contribution in [2.24, 2.45) is 0 Å². The van der Waals surface area contributed by atoms with E-state index in [0.717, 1.165) is 5.56 Å². The van der Waals surface area contributed by atoms with Gasteiger partial charge in [0.2, 0.25) is 10.0 Å². The molecule has 0 N–H and O–H groups in total. The van der Waals surface area contributed by atoms with Gasteiger partial charge in [-0.3, -0.25) is 4.31 Å². The molecule has 0 saturated carbocycles. The van der Waals surface area contributed by atoms with Crippen LogP contribution in [0.4, 0.5) is 5.69 Å². The molecular weight excluding hydrogens is 326 g/mol. The predicted octanol–water partition coefficient (Wildman–Crippen LogP) is 2.74. The molecule has 2 aromatic rings. The Balaban J connectivity index is 1.77. The van der Waals surface area contributed by atoms with E-state index in [1.807, 2.05) is 31.2 Å². The highest BCUT2D eigenvalue weighted by atomic mass is 32.2. The molecule has 1 aliphatic rings. The second-order valence-electron chi connectivity index (χ2n) is 5.93. The molecule has 5 nitrogen and oxygen atoms in total. The van der Waals surface area contributed by atoms with Gasteiger partial charge in [0.1, 0.15) is 18.5 Å². The van der Waals surface area contributed by atoms with Gasteiger partial charge in [-0.05, 0) is 25.1 Å². The minimum Gasteiger partial charge on any atom is -0.490 e. The van der Waals surface area contributed by atoms with Crippen molar-refractivity contribution in [1.29, 1.82) is 0 Å². The van der Waals surface area contributed by atoms with Gasteiger partial charge in [0.05, 0.1) is 18.0 Å². The number of benzene rings is 2. The molecule has 0 spiro atoms. The number of hydrogen-bond acceptors (Lipinski definition) is 4. The van der Waals surface area contributed by atoms with E-state index in [0.29, 0.717) is 30.2 Å². The van der Waals surface area contributed by atoms with Gasteiger partial charge in [0, 0.05) is 12.6 Å². The first kappa shape index (κ1) is 16.8. The molecule has 1 unspecified atom stereocenters. The van der Waals surface area contributed by atoms with Crippen LogP contribution in [-0.4, -0.2) is 34.8 Å². The zero-order chi connectivity index (χ0) is 17.2. The van der Waals surface area contributed by atoms with Crippen LogP contribution in [0.3, 0.4) is 0 Å². The Bertz CT molecular complexity index is 798. The minimum atomic E-state index is -3.50. The number of hydrogen-bond donors (Lipinski definition) is 0. The highest BCUT2D eigenvalue weighted by Crippen LogP contribution is 2.25. The number of aryl methyl sites for hydroxylation is 1. The number of ether oxygens (including phenoxy) is 2. The van der Waals surface area contributed by atoms with Crippen LogP contribution in [0.1, 0.15) is 11.1 Å². The van der Waals surface area contributed by atoms with Crippen molar-refractivity contribution in [1.82, 2.24) is 0 Å². The molecule has 0 aliphatic carbocycles. The molecule has 128 valence electrons. The molecule has 2 aromatic carbocycles. The SMILES string of the molecule is Cc1ccc(N(C)S(=O)(=O)Cc2ccccc2OCC2CO2)cc1. The zero-order valence-corrected chi connectivity index (χ0v) is 14.6. The Kier molecular flexibility index (Phi) is 4.78. The summed E-state index contributed by atoms with van der Waals surface area (Å²) in [5, 5.41) is 0. The van der Waals surface area contributed by atoms with Gasteiger partial charge in [-0.1, -0.05) is 35.9 Å². The number of sulfonamides is 1. The Labute approximate surface area is 142 Å². The van der Waals surface area contributed by atoms with E-state index in [2.05, 4.69) is 0 Å². The first-order chi connectivity index (χ1) is 11.5. The van der Waals surface area contributed by atoms with Crippen molar-refractivity contribution in [3.8, 4) is 5.75 Å². The third-order valence-electron chi connectivity index (χ3n) is 3.95. The lowest BCUT2D eigenvalue weighted by molar-refractivity contribution is 0.261. The first-order valence-corrected chi connectivity index (χ1v) is 9.42. The van der Waals surface area contributed by atoms with Gasteiger partial charge in [0.15, 0.2) is 0 Å². The number of epoxide rings is 1. The maximum Gasteiger partial charge on any atom is 0.239 e. The fraction of sp³-hybridized carbons (Fsp3) is 0.333. The van der Waals surface area contributed by atoms with Crippen LogP contribution in [0.25, 0.3) is 0 Å². The van der Waals surface area contributed by atoms with Crippen molar-refractivity contribution < 1.29 is 17.9 Å². The Morgan fingerprint density at radius 1 is 1.17 bits per heavy atom. The second kappa shape index (κ2) is 6.83. The Morgan fingerprint density at radius 3 is 2.50 bits per heavy atom. The highest BCUT2D eigenvalue weighted by molar-refractivity contribution is 7.92. The van der Waals surface area contributed by atoms with Crippen LogP contribution in [0.5, 0.6) is 5.75 Å². The number of rotatable bonds is 7. The van der Waals surface area contributed by atoms with Crippen LogP contribution in [0.2, 0.25) is 0 Å². The molecule has 1 fully saturated rings. The Hall–Kier alpha value is -2.05. The molecule has 1 heterocycles. The maximum atomic E-state index is 12.7. The summed E-state index contributed by atoms with van der Waals surface area (Å²) in [7, 11) is -1.93. The molecule has 0 radical (unpaired) electrons. The topological polar surface area (TPSA) is 59.1 Å². The third kappa shape index (κ3) is 4.07. The van der Waals surface area contributed by atoms with Crippen molar-refractivity contribution in [3.05, 3.63) is 59.7 Å². The van der Waals surface area contributed by atoms with Crippen LogP contribution < -0.4 is 9.04 Å². The second-order valence-corrected chi connectivity index (χ2v) is 7.93. The number of anilines is 1. The largest absolute Gasteiger partial charge is 0.490 e. The molecule has 0 amide bonds. The summed E-state index contributed by atoms with van der Waals surface area (Å²) in [6.07, 6.45) is 0.130. The third-order valence-corrected chi connectivity index (χ3v) is 5.67. The van der Waals surface area contributed by atoms with E-state index in [4.69, 9.17) is 9.47 Å². The number of nitrogens with zero attached hydrogens (tertiary/aromatic N) is 1. The van der Waals surface area contributed by atoms with E-state index in [1.54, 1.807) is 31.3 Å². The molecule has 0 bridgehead atoms. The van der Waals surface area contributed by atoms with Gasteiger partial charge < -0.3 is 9.47 Å². The standard InChI is InChI=1S/C18H21NO4S/c1-14-7-9-16(10-8-14)19(2)24(20,21)13-15-5-3-4-6-18(15)23-12-17-11-22-17/h3-10,17H,11-13H2,1-2H3. The lowest BCUT2D eigenvalue weighted by Gasteiger charge is -2.20. The maximum absolute atomic E-state index is 12.7. The molecular formula is C18H21NO4S. The van der Waals surface area contributed by atoms with Gasteiger partial charge in [-0.2, -0.15) is 0 Å². The van der Waals surface area contributed by atoms with Crippen LogP contribution in [0.15, 0.2) is 48.5 Å². The van der Waals surface area contributed by atoms with Crippen molar-refractivity contribution in [2.45, 2.75) is 18.8 Å². The van der Waals surface area contributed by atoms with Crippen LogP contribution >= 0.6 is 0 Å². The van der Waals surface area contributed by atoms with E-state index in [9.17, 15) is 8.42 Å². The van der Waals surface area contributed by atoms with E-state index >= 15 is 0 Å². The molecule has 1 atom stereocenters. The van der Waals surface area contributed by atoms with Crippen molar-refractivity contribution >= 4 is 15.7 Å². The van der Waals surface area contributed by atoms with Crippen LogP contribution in [-0.2, 0) is 20.5 Å². The summed E-state index contributed by atoms with van der Waals surface area (Å²) in [4.78, 5) is 0. The van der Waals surface area contributed by atoms with Gasteiger partial charge in [-0.15, -0.1) is 0 Å². The number of para-hydroxylation sites is 1. The van der Waals surface area contributed by atoms with Crippen molar-refractivity contribution in [3.63, 3.8) is 0 Å². The van der Waals surface area contributed by atoms with E-state index in [-0.39, 0.29) is 11.9 Å². The van der Waals surface area contributed by atoms with Gasteiger partial charge >= 0.3 is 0 Å². The molecule has 0 aromatic heterocycles. The summed E-state index contributed by atoms with van der Waals surface area (Å²) in [5.41, 5.74) is 2.38. The molecule has 6 heteroatoms. The normalized spacial score (nSPS) is 16.7. The minimum absolute atomic E-state index is 0.112. The van der Waals surface area contributed by atoms with E-state index < -0.39 is 10.0 Å². The quantitative estimate of drug-likeness (QED) is 0.723. The van der Waals surface area contributed by atoms with Crippen molar-refractivity contribution in [2.75, 3.05) is 24.6 Å². The van der Waals surface area contributed by atoms with Gasteiger partial charge in [-0.25, -0.2) is 8.42 Å². The Morgan fingerprint density at radius 2 is 1.83 bits per heavy atom. The highest BCUT2D eigenvalue weighted by Gasteiger charge is 2.25. The average Bonchev–Trinajstić information content (AvgIpc) is 3.38. The summed E-state index contributed by atoms with van der Waals surface area (Å²) in [6.45, 7) is 3.12. The summed E-state index contributed by atoms with van der Waals surface area (Å²) in [6, 6.07) is 14.6. The molecule has 3 rings (SSSR count). The summed E-state index contributed by atoms with van der Waals surface area (Å²) >= 11 is 0. The fourth-order valence-corrected chi connectivity index (χ4v) is 3.59.